The molecule has 2 saturated heterocycles. The number of hydrogen-bond donors (Lipinski definition) is 1. The molecule has 0 saturated carbocycles. The number of hydrogen-bond acceptors (Lipinski definition) is 10. The Morgan fingerprint density at radius 1 is 1.05 bits per heavy atom. The number of anilines is 2. The van der Waals surface area contributed by atoms with E-state index in [1.807, 2.05) is 44.2 Å². The number of β-lactam (4-membered cyclic amide) rings is 1. The van der Waals surface area contributed by atoms with E-state index in [0.717, 1.165) is 5.56 Å². The number of aromatic nitrogens is 2. The fourth-order valence-electron chi connectivity index (χ4n) is 4.59. The number of methoxy groups -OCH3 is 2. The van der Waals surface area contributed by atoms with Gasteiger partial charge in [-0.1, -0.05) is 30.3 Å². The van der Waals surface area contributed by atoms with E-state index in [4.69, 9.17) is 23.7 Å². The summed E-state index contributed by atoms with van der Waals surface area (Å²) >= 11 is 0. The van der Waals surface area contributed by atoms with Gasteiger partial charge in [0.25, 0.3) is 15.9 Å². The number of amides is 1. The van der Waals surface area contributed by atoms with E-state index in [-0.39, 0.29) is 41.7 Å². The molecule has 40 heavy (non-hydrogen) atoms. The predicted octanol–water partition coefficient (Wildman–Crippen LogP) is 2.75. The highest BCUT2D eigenvalue weighted by atomic mass is 32.2. The number of ether oxygens (including phenoxy) is 5. The van der Waals surface area contributed by atoms with E-state index in [1.165, 1.54) is 32.4 Å². The first kappa shape index (κ1) is 27.8. The maximum atomic E-state index is 13.3. The summed E-state index contributed by atoms with van der Waals surface area (Å²) < 4.78 is 56.5. The minimum absolute atomic E-state index is 0.0230. The van der Waals surface area contributed by atoms with Gasteiger partial charge < -0.3 is 28.6 Å². The zero-order valence-corrected chi connectivity index (χ0v) is 23.3. The van der Waals surface area contributed by atoms with Crippen molar-refractivity contribution in [2.24, 2.45) is 0 Å². The third-order valence-electron chi connectivity index (χ3n) is 6.51. The Balaban J connectivity index is 1.35. The van der Waals surface area contributed by atoms with Crippen molar-refractivity contribution in [3.05, 3.63) is 66.2 Å². The minimum atomic E-state index is -4.03. The van der Waals surface area contributed by atoms with Crippen molar-refractivity contribution in [2.45, 2.75) is 49.4 Å². The molecule has 0 spiro atoms. The molecule has 3 aromatic rings. The summed E-state index contributed by atoms with van der Waals surface area (Å²) in [6.07, 6.45) is -1.17. The first-order valence-electron chi connectivity index (χ1n) is 12.5. The molecule has 1 N–H and O–H groups in total. The summed E-state index contributed by atoms with van der Waals surface area (Å²) in [5, 5.41) is 0. The number of carbonyl (C=O) groups excluding carboxylic acids is 1. The maximum Gasteiger partial charge on any atom is 0.321 e. The van der Waals surface area contributed by atoms with Gasteiger partial charge in [0, 0.05) is 11.8 Å². The van der Waals surface area contributed by atoms with Crippen molar-refractivity contribution >= 4 is 27.4 Å². The predicted molar refractivity (Wildman–Crippen MR) is 144 cm³/mol. The van der Waals surface area contributed by atoms with Gasteiger partial charge in [0.15, 0.2) is 17.7 Å². The number of rotatable bonds is 10. The molecule has 2 unspecified atom stereocenters. The van der Waals surface area contributed by atoms with Crippen LogP contribution in [0.1, 0.15) is 19.4 Å². The Kier molecular flexibility index (Phi) is 7.64. The van der Waals surface area contributed by atoms with E-state index >= 15 is 0 Å². The molecule has 0 radical (unpaired) electrons. The minimum Gasteiger partial charge on any atom is -0.481 e. The van der Waals surface area contributed by atoms with Crippen molar-refractivity contribution in [3.8, 4) is 11.9 Å². The largest absolute Gasteiger partial charge is 0.481 e. The van der Waals surface area contributed by atoms with Crippen molar-refractivity contribution in [3.63, 3.8) is 0 Å². The van der Waals surface area contributed by atoms with Crippen LogP contribution < -0.4 is 19.1 Å². The number of nitrogens with one attached hydrogen (secondary N) is 1. The Morgan fingerprint density at radius 3 is 2.40 bits per heavy atom. The summed E-state index contributed by atoms with van der Waals surface area (Å²) in [4.78, 5) is 22.8. The van der Waals surface area contributed by atoms with Crippen LogP contribution in [0.25, 0.3) is 0 Å². The zero-order valence-electron chi connectivity index (χ0n) is 22.4. The van der Waals surface area contributed by atoms with Gasteiger partial charge in [0.1, 0.15) is 12.1 Å². The summed E-state index contributed by atoms with van der Waals surface area (Å²) in [5.74, 6) is -0.935. The normalized spacial score (nSPS) is 22.1. The van der Waals surface area contributed by atoms with Crippen molar-refractivity contribution < 1.29 is 36.9 Å². The Morgan fingerprint density at radius 2 is 1.77 bits per heavy atom. The van der Waals surface area contributed by atoms with Crippen LogP contribution >= 0.6 is 0 Å². The lowest BCUT2D eigenvalue weighted by Crippen LogP contribution is -2.70. The van der Waals surface area contributed by atoms with Crippen LogP contribution in [0.2, 0.25) is 0 Å². The van der Waals surface area contributed by atoms with Gasteiger partial charge in [-0.05, 0) is 43.7 Å². The molecule has 2 aliphatic rings. The van der Waals surface area contributed by atoms with Crippen LogP contribution in [0.4, 0.5) is 11.5 Å². The average molecular weight is 571 g/mol. The second-order valence-electron chi connectivity index (χ2n) is 9.66. The Labute approximate surface area is 232 Å². The van der Waals surface area contributed by atoms with Gasteiger partial charge in [-0.15, -0.1) is 0 Å². The molecule has 212 valence electrons. The number of nitrogens with zero attached hydrogens (tertiary/aromatic N) is 3. The highest BCUT2D eigenvalue weighted by Crippen LogP contribution is 2.38. The van der Waals surface area contributed by atoms with Crippen molar-refractivity contribution in [2.75, 3.05) is 30.4 Å². The molecule has 1 aromatic heterocycles. The average Bonchev–Trinajstić information content (AvgIpc) is 3.30. The monoisotopic (exact) mass is 570 g/mol. The smallest absolute Gasteiger partial charge is 0.321 e. The summed E-state index contributed by atoms with van der Waals surface area (Å²) in [5.41, 5.74) is 1.45. The Hall–Kier alpha value is -3.78. The molecule has 13 heteroatoms. The third kappa shape index (κ3) is 5.72. The lowest BCUT2D eigenvalue weighted by Gasteiger charge is -2.48. The SMILES string of the molecule is COc1cc(NS(=O)(=O)c2ccc(N3C(=O)C(OCc4ccccc4)C3[C@H]3COC(C)(C)O3)cc2)nc(OC)n1. The highest BCUT2D eigenvalue weighted by molar-refractivity contribution is 7.92. The van der Waals surface area contributed by atoms with E-state index in [1.54, 1.807) is 17.0 Å². The summed E-state index contributed by atoms with van der Waals surface area (Å²) in [6, 6.07) is 16.3. The Bertz CT molecular complexity index is 1450. The van der Waals surface area contributed by atoms with E-state index in [9.17, 15) is 13.2 Å². The topological polar surface area (TPSA) is 138 Å². The van der Waals surface area contributed by atoms with Gasteiger partial charge in [0.05, 0.1) is 32.3 Å². The second kappa shape index (κ2) is 11.0. The van der Waals surface area contributed by atoms with Crippen LogP contribution in [-0.2, 0) is 35.6 Å². The molecule has 12 nitrogen and oxygen atoms in total. The maximum absolute atomic E-state index is 13.3. The first-order valence-corrected chi connectivity index (χ1v) is 14.0. The van der Waals surface area contributed by atoms with Crippen molar-refractivity contribution in [1.29, 1.82) is 0 Å². The van der Waals surface area contributed by atoms with Crippen molar-refractivity contribution in [1.82, 2.24) is 9.97 Å². The van der Waals surface area contributed by atoms with Gasteiger partial charge in [0.2, 0.25) is 5.88 Å². The van der Waals surface area contributed by atoms with E-state index in [2.05, 4.69) is 14.7 Å². The quantitative estimate of drug-likeness (QED) is 0.362. The van der Waals surface area contributed by atoms with Gasteiger partial charge in [-0.2, -0.15) is 9.97 Å². The van der Waals surface area contributed by atoms with Gasteiger partial charge in [-0.25, -0.2) is 8.42 Å². The molecule has 5 rings (SSSR count). The zero-order chi connectivity index (χ0) is 28.5. The highest BCUT2D eigenvalue weighted by Gasteiger charge is 2.56. The fraction of sp³-hybridized carbons (Fsp3) is 0.370. The number of benzene rings is 2. The lowest BCUT2D eigenvalue weighted by molar-refractivity contribution is -0.164. The molecule has 2 aliphatic heterocycles. The van der Waals surface area contributed by atoms with Crippen LogP contribution in [0.3, 0.4) is 0 Å². The van der Waals surface area contributed by atoms with Crippen LogP contribution in [0.15, 0.2) is 65.6 Å². The molecule has 2 aromatic carbocycles. The summed E-state index contributed by atoms with van der Waals surface area (Å²) in [6.45, 7) is 4.18. The van der Waals surface area contributed by atoms with Crippen LogP contribution in [0.5, 0.6) is 11.9 Å². The molecular formula is C27H30N4O8S. The molecular weight excluding hydrogens is 540 g/mol. The fourth-order valence-corrected chi connectivity index (χ4v) is 5.58. The summed E-state index contributed by atoms with van der Waals surface area (Å²) in [7, 11) is -1.28. The van der Waals surface area contributed by atoms with Crippen LogP contribution in [-0.4, -0.2) is 69.2 Å². The van der Waals surface area contributed by atoms with Gasteiger partial charge >= 0.3 is 6.01 Å². The molecule has 1 amide bonds. The first-order chi connectivity index (χ1) is 19.1. The molecule has 0 bridgehead atoms. The van der Waals surface area contributed by atoms with Crippen LogP contribution in [0, 0.1) is 0 Å². The lowest BCUT2D eigenvalue weighted by atomic mass is 9.91. The molecule has 3 heterocycles. The van der Waals surface area contributed by atoms with Gasteiger partial charge in [-0.3, -0.25) is 9.52 Å². The molecule has 0 aliphatic carbocycles. The molecule has 2 fully saturated rings. The second-order valence-corrected chi connectivity index (χ2v) is 11.3. The van der Waals surface area contributed by atoms with E-state index < -0.39 is 34.1 Å². The number of carbonyl (C=O) groups is 1. The standard InChI is InChI=1S/C27H30N4O8S/c1-27(2)38-16-20(39-27)23-24(37-15-17-8-6-5-7-9-17)25(32)31(23)18-10-12-19(13-11-18)40(33,34)30-21-14-22(35-3)29-26(28-21)36-4/h5-14,20,23-24H,15-16H2,1-4H3,(H,28,29,30)/t20-,23?,24?/m1/s1. The third-order valence-corrected chi connectivity index (χ3v) is 7.88. The number of sulfonamides is 1. The van der Waals surface area contributed by atoms with E-state index in [0.29, 0.717) is 5.69 Å². The molecule has 3 atom stereocenters.